The minimum absolute atomic E-state index is 0.0178. The Morgan fingerprint density at radius 1 is 1.57 bits per heavy atom. The van der Waals surface area contributed by atoms with Crippen LogP contribution in [0.1, 0.15) is 57.4 Å². The second kappa shape index (κ2) is 6.26. The zero-order chi connectivity index (χ0) is 15.6. The Morgan fingerprint density at radius 2 is 2.29 bits per heavy atom. The Hall–Kier alpha value is -1.23. The molecule has 0 saturated heterocycles. The van der Waals surface area contributed by atoms with Crippen LogP contribution in [0.2, 0.25) is 0 Å². The number of carbonyl (C=O) groups excluding carboxylic acids is 1. The number of alkyl carbamates (subject to hydrolysis) is 1. The largest absolute Gasteiger partial charge is 0.490 e. The van der Waals surface area contributed by atoms with Gasteiger partial charge in [0.05, 0.1) is 6.04 Å². The first-order chi connectivity index (χ1) is 9.80. The van der Waals surface area contributed by atoms with Crippen LogP contribution in [0.15, 0.2) is 5.38 Å². The van der Waals surface area contributed by atoms with Crippen molar-refractivity contribution in [1.29, 1.82) is 0 Å². The number of amides is 1. The summed E-state index contributed by atoms with van der Waals surface area (Å²) in [5, 5.41) is 5.08. The molecular weight excluding hydrogens is 286 g/mol. The standard InChI is InChI=1S/C16H25NO3S/c1-6-10(2)12-9-21-13-7-11(8-19-14(12)13)17-15(18)20-16(3,4)5/h9-11H,6-8H2,1-5H3,(H,17,18). The maximum Gasteiger partial charge on any atom is 0.408 e. The molecule has 1 N–H and O–H groups in total. The number of nitrogens with one attached hydrogen (secondary N) is 1. The molecule has 0 spiro atoms. The highest BCUT2D eigenvalue weighted by molar-refractivity contribution is 7.10. The minimum Gasteiger partial charge on any atom is -0.490 e. The molecule has 0 radical (unpaired) electrons. The number of ether oxygens (including phenoxy) is 2. The van der Waals surface area contributed by atoms with Crippen LogP contribution in [0.3, 0.4) is 0 Å². The van der Waals surface area contributed by atoms with Gasteiger partial charge in [0.1, 0.15) is 18.0 Å². The van der Waals surface area contributed by atoms with E-state index in [2.05, 4.69) is 24.5 Å². The van der Waals surface area contributed by atoms with Crippen LogP contribution in [0.5, 0.6) is 5.75 Å². The molecule has 0 bridgehead atoms. The molecule has 1 aliphatic heterocycles. The first-order valence-corrected chi connectivity index (χ1v) is 8.40. The number of hydrogen-bond acceptors (Lipinski definition) is 4. The lowest BCUT2D eigenvalue weighted by Crippen LogP contribution is -2.44. The van der Waals surface area contributed by atoms with E-state index < -0.39 is 5.60 Å². The quantitative estimate of drug-likeness (QED) is 0.914. The van der Waals surface area contributed by atoms with E-state index in [1.165, 1.54) is 10.4 Å². The van der Waals surface area contributed by atoms with Gasteiger partial charge in [-0.25, -0.2) is 4.79 Å². The predicted octanol–water partition coefficient (Wildman–Crippen LogP) is 4.09. The van der Waals surface area contributed by atoms with Crippen molar-refractivity contribution in [2.24, 2.45) is 0 Å². The number of carbonyl (C=O) groups is 1. The van der Waals surface area contributed by atoms with Crippen LogP contribution in [-0.4, -0.2) is 24.3 Å². The topological polar surface area (TPSA) is 47.6 Å². The monoisotopic (exact) mass is 311 g/mol. The van der Waals surface area contributed by atoms with Gasteiger partial charge in [0.15, 0.2) is 0 Å². The Morgan fingerprint density at radius 3 is 2.90 bits per heavy atom. The summed E-state index contributed by atoms with van der Waals surface area (Å²) >= 11 is 1.72. The van der Waals surface area contributed by atoms with E-state index in [9.17, 15) is 4.79 Å². The predicted molar refractivity (Wildman–Crippen MR) is 85.4 cm³/mol. The van der Waals surface area contributed by atoms with Crippen LogP contribution in [0.25, 0.3) is 0 Å². The molecule has 0 saturated carbocycles. The molecule has 0 aliphatic carbocycles. The van der Waals surface area contributed by atoms with Crippen LogP contribution in [0, 0.1) is 0 Å². The summed E-state index contributed by atoms with van der Waals surface area (Å²) < 4.78 is 11.2. The Labute approximate surface area is 130 Å². The summed E-state index contributed by atoms with van der Waals surface area (Å²) in [5.41, 5.74) is 0.825. The minimum atomic E-state index is -0.475. The normalized spacial score (nSPS) is 19.4. The Balaban J connectivity index is 1.97. The fourth-order valence-corrected chi connectivity index (χ4v) is 3.49. The van der Waals surface area contributed by atoms with Gasteiger partial charge >= 0.3 is 6.09 Å². The summed E-state index contributed by atoms with van der Waals surface area (Å²) in [7, 11) is 0. The van der Waals surface area contributed by atoms with E-state index in [0.717, 1.165) is 18.6 Å². The van der Waals surface area contributed by atoms with Crippen molar-refractivity contribution in [3.63, 3.8) is 0 Å². The third-order valence-electron chi connectivity index (χ3n) is 3.57. The average Bonchev–Trinajstić information content (AvgIpc) is 2.78. The van der Waals surface area contributed by atoms with Gasteiger partial charge in [-0.15, -0.1) is 11.3 Å². The molecule has 21 heavy (non-hydrogen) atoms. The lowest BCUT2D eigenvalue weighted by Gasteiger charge is -2.27. The second-order valence-corrected chi connectivity index (χ2v) is 7.58. The van der Waals surface area contributed by atoms with Crippen LogP contribution in [-0.2, 0) is 11.2 Å². The van der Waals surface area contributed by atoms with Gasteiger partial charge in [0.25, 0.3) is 0 Å². The van der Waals surface area contributed by atoms with E-state index in [-0.39, 0.29) is 12.1 Å². The highest BCUT2D eigenvalue weighted by Crippen LogP contribution is 2.39. The fourth-order valence-electron chi connectivity index (χ4n) is 2.30. The summed E-state index contributed by atoms with van der Waals surface area (Å²) in [6, 6.07) is -0.0178. The van der Waals surface area contributed by atoms with Gasteiger partial charge in [0, 0.05) is 16.9 Å². The number of hydrogen-bond donors (Lipinski definition) is 1. The van der Waals surface area contributed by atoms with Gasteiger partial charge in [-0.05, 0) is 38.5 Å². The van der Waals surface area contributed by atoms with Crippen molar-refractivity contribution in [3.05, 3.63) is 15.8 Å². The maximum atomic E-state index is 11.8. The van der Waals surface area contributed by atoms with Crippen molar-refractivity contribution in [1.82, 2.24) is 5.32 Å². The SMILES string of the molecule is CCC(C)c1csc2c1OCC(NC(=O)OC(C)(C)C)C2. The van der Waals surface area contributed by atoms with Crippen molar-refractivity contribution < 1.29 is 14.3 Å². The van der Waals surface area contributed by atoms with E-state index in [1.807, 2.05) is 20.8 Å². The van der Waals surface area contributed by atoms with Crippen molar-refractivity contribution in [3.8, 4) is 5.75 Å². The van der Waals surface area contributed by atoms with Crippen molar-refractivity contribution in [2.45, 2.75) is 65.0 Å². The lowest BCUT2D eigenvalue weighted by atomic mass is 9.99. The Bertz CT molecular complexity index is 504. The van der Waals surface area contributed by atoms with E-state index >= 15 is 0 Å². The maximum absolute atomic E-state index is 11.8. The average molecular weight is 311 g/mol. The lowest BCUT2D eigenvalue weighted by molar-refractivity contribution is 0.0482. The van der Waals surface area contributed by atoms with Gasteiger partial charge in [0.2, 0.25) is 0 Å². The molecule has 2 unspecified atom stereocenters. The summed E-state index contributed by atoms with van der Waals surface area (Å²) in [6.45, 7) is 10.5. The van der Waals surface area contributed by atoms with E-state index in [1.54, 1.807) is 11.3 Å². The molecule has 4 nitrogen and oxygen atoms in total. The molecule has 1 aromatic rings. The fraction of sp³-hybridized carbons (Fsp3) is 0.688. The molecule has 0 aromatic carbocycles. The van der Waals surface area contributed by atoms with Gasteiger partial charge in [-0.2, -0.15) is 0 Å². The highest BCUT2D eigenvalue weighted by Gasteiger charge is 2.28. The van der Waals surface area contributed by atoms with E-state index in [0.29, 0.717) is 12.5 Å². The molecule has 0 fully saturated rings. The van der Waals surface area contributed by atoms with Crippen molar-refractivity contribution in [2.75, 3.05) is 6.61 Å². The van der Waals surface area contributed by atoms with Crippen molar-refractivity contribution >= 4 is 17.4 Å². The molecule has 2 rings (SSSR count). The molecule has 1 aromatic heterocycles. The third kappa shape index (κ3) is 4.13. The summed E-state index contributed by atoms with van der Waals surface area (Å²) in [5.74, 6) is 1.55. The number of thiophene rings is 1. The molecule has 5 heteroatoms. The van der Waals surface area contributed by atoms with Gasteiger partial charge in [-0.1, -0.05) is 13.8 Å². The molecule has 118 valence electrons. The third-order valence-corrected chi connectivity index (χ3v) is 4.58. The smallest absolute Gasteiger partial charge is 0.408 e. The Kier molecular flexibility index (Phi) is 4.81. The van der Waals surface area contributed by atoms with Crippen LogP contribution < -0.4 is 10.1 Å². The summed E-state index contributed by atoms with van der Waals surface area (Å²) in [6.07, 6.45) is 1.54. The molecular formula is C16H25NO3S. The summed E-state index contributed by atoms with van der Waals surface area (Å²) in [4.78, 5) is 13.0. The zero-order valence-corrected chi connectivity index (χ0v) is 14.3. The second-order valence-electron chi connectivity index (χ2n) is 6.61. The first kappa shape index (κ1) is 16.1. The molecule has 1 amide bonds. The molecule has 2 atom stereocenters. The molecule has 2 heterocycles. The molecule has 1 aliphatic rings. The first-order valence-electron chi connectivity index (χ1n) is 7.52. The van der Waals surface area contributed by atoms with Gasteiger partial charge in [-0.3, -0.25) is 0 Å². The van der Waals surface area contributed by atoms with Gasteiger partial charge < -0.3 is 14.8 Å². The van der Waals surface area contributed by atoms with E-state index in [4.69, 9.17) is 9.47 Å². The van der Waals surface area contributed by atoms with Crippen LogP contribution in [0.4, 0.5) is 4.79 Å². The number of fused-ring (bicyclic) bond motifs is 1. The number of rotatable bonds is 3. The zero-order valence-electron chi connectivity index (χ0n) is 13.5. The highest BCUT2D eigenvalue weighted by atomic mass is 32.1. The van der Waals surface area contributed by atoms with Crippen LogP contribution >= 0.6 is 11.3 Å².